The Balaban J connectivity index is 1.67. The van der Waals surface area contributed by atoms with E-state index >= 15 is 0 Å². The van der Waals surface area contributed by atoms with Crippen molar-refractivity contribution >= 4 is 5.97 Å². The van der Waals surface area contributed by atoms with Crippen LogP contribution in [0.5, 0.6) is 0 Å². The fourth-order valence-corrected chi connectivity index (χ4v) is 2.25. The maximum atomic E-state index is 11.5. The lowest BCUT2D eigenvalue weighted by Crippen LogP contribution is -2.47. The monoisotopic (exact) mass is 263 g/mol. The number of benzene rings is 1. The molecule has 2 rings (SSSR count). The predicted octanol–water partition coefficient (Wildman–Crippen LogP) is 1.87. The molecule has 1 aliphatic carbocycles. The molecule has 0 saturated heterocycles. The maximum absolute atomic E-state index is 11.5. The minimum Gasteiger partial charge on any atom is -0.465 e. The van der Waals surface area contributed by atoms with Gasteiger partial charge in [0, 0.05) is 0 Å². The first-order chi connectivity index (χ1) is 9.20. The second kappa shape index (κ2) is 6.68. The van der Waals surface area contributed by atoms with E-state index in [1.807, 2.05) is 30.3 Å². The highest BCUT2D eigenvalue weighted by molar-refractivity contribution is 5.76. The molecule has 0 bridgehead atoms. The van der Waals surface area contributed by atoms with Gasteiger partial charge >= 0.3 is 5.97 Å². The SMILES string of the molecule is CCOC(=O)C(N)C1CC(OCc2ccccc2)C1. The molecule has 1 saturated carbocycles. The van der Waals surface area contributed by atoms with Gasteiger partial charge in [-0.15, -0.1) is 0 Å². The third-order valence-electron chi connectivity index (χ3n) is 3.53. The average molecular weight is 263 g/mol. The van der Waals surface area contributed by atoms with Crippen LogP contribution in [0.25, 0.3) is 0 Å². The Bertz CT molecular complexity index is 401. The first-order valence-corrected chi connectivity index (χ1v) is 6.78. The van der Waals surface area contributed by atoms with Gasteiger partial charge in [-0.2, -0.15) is 0 Å². The normalized spacial score (nSPS) is 23.5. The molecule has 1 aromatic carbocycles. The highest BCUT2D eigenvalue weighted by atomic mass is 16.5. The van der Waals surface area contributed by atoms with Gasteiger partial charge in [0.15, 0.2) is 0 Å². The van der Waals surface area contributed by atoms with E-state index in [9.17, 15) is 4.79 Å². The predicted molar refractivity (Wildman–Crippen MR) is 72.4 cm³/mol. The van der Waals surface area contributed by atoms with Gasteiger partial charge in [-0.25, -0.2) is 0 Å². The maximum Gasteiger partial charge on any atom is 0.323 e. The molecule has 0 aliphatic heterocycles. The molecule has 1 fully saturated rings. The third-order valence-corrected chi connectivity index (χ3v) is 3.53. The summed E-state index contributed by atoms with van der Waals surface area (Å²) in [5.41, 5.74) is 7.02. The van der Waals surface area contributed by atoms with Crippen molar-refractivity contribution in [2.24, 2.45) is 11.7 Å². The summed E-state index contributed by atoms with van der Waals surface area (Å²) in [7, 11) is 0. The van der Waals surface area contributed by atoms with Crippen molar-refractivity contribution in [3.63, 3.8) is 0 Å². The number of ether oxygens (including phenoxy) is 2. The van der Waals surface area contributed by atoms with Crippen molar-refractivity contribution in [3.8, 4) is 0 Å². The Hall–Kier alpha value is -1.39. The summed E-state index contributed by atoms with van der Waals surface area (Å²) >= 11 is 0. The molecule has 1 unspecified atom stereocenters. The molecule has 0 spiro atoms. The van der Waals surface area contributed by atoms with E-state index in [1.54, 1.807) is 6.92 Å². The van der Waals surface area contributed by atoms with Crippen LogP contribution in [-0.2, 0) is 20.9 Å². The number of hydrogen-bond acceptors (Lipinski definition) is 4. The van der Waals surface area contributed by atoms with Crippen molar-refractivity contribution in [2.75, 3.05) is 6.61 Å². The zero-order chi connectivity index (χ0) is 13.7. The molecule has 2 N–H and O–H groups in total. The topological polar surface area (TPSA) is 61.5 Å². The number of esters is 1. The summed E-state index contributed by atoms with van der Waals surface area (Å²) in [6.45, 7) is 2.79. The van der Waals surface area contributed by atoms with Crippen LogP contribution in [0.4, 0.5) is 0 Å². The first-order valence-electron chi connectivity index (χ1n) is 6.78. The Morgan fingerprint density at radius 1 is 1.37 bits per heavy atom. The third kappa shape index (κ3) is 3.78. The van der Waals surface area contributed by atoms with Gasteiger partial charge in [-0.3, -0.25) is 4.79 Å². The molecule has 0 radical (unpaired) electrons. The van der Waals surface area contributed by atoms with Gasteiger partial charge in [0.25, 0.3) is 0 Å². The van der Waals surface area contributed by atoms with E-state index in [2.05, 4.69) is 0 Å². The van der Waals surface area contributed by atoms with Crippen LogP contribution in [0.15, 0.2) is 30.3 Å². The van der Waals surface area contributed by atoms with E-state index < -0.39 is 6.04 Å². The summed E-state index contributed by atoms with van der Waals surface area (Å²) in [5, 5.41) is 0. The number of nitrogens with two attached hydrogens (primary N) is 1. The Kier molecular flexibility index (Phi) is 4.93. The van der Waals surface area contributed by atoms with Gasteiger partial charge < -0.3 is 15.2 Å². The lowest BCUT2D eigenvalue weighted by molar-refractivity contribution is -0.149. The number of hydrogen-bond donors (Lipinski definition) is 1. The molecule has 1 atom stereocenters. The molecule has 0 heterocycles. The average Bonchev–Trinajstić information content (AvgIpc) is 2.38. The Morgan fingerprint density at radius 2 is 2.05 bits per heavy atom. The van der Waals surface area contributed by atoms with E-state index in [0.717, 1.165) is 12.8 Å². The molecule has 1 aliphatic rings. The van der Waals surface area contributed by atoms with Crippen LogP contribution in [0.3, 0.4) is 0 Å². The first kappa shape index (κ1) is 14.0. The van der Waals surface area contributed by atoms with Crippen LogP contribution in [0, 0.1) is 5.92 Å². The van der Waals surface area contributed by atoms with Crippen molar-refractivity contribution in [3.05, 3.63) is 35.9 Å². The van der Waals surface area contributed by atoms with Crippen molar-refractivity contribution in [2.45, 2.75) is 38.5 Å². The molecule has 19 heavy (non-hydrogen) atoms. The largest absolute Gasteiger partial charge is 0.465 e. The summed E-state index contributed by atoms with van der Waals surface area (Å²) in [6, 6.07) is 9.57. The fourth-order valence-electron chi connectivity index (χ4n) is 2.25. The van der Waals surface area contributed by atoms with Crippen LogP contribution in [0.2, 0.25) is 0 Å². The zero-order valence-corrected chi connectivity index (χ0v) is 11.2. The fraction of sp³-hybridized carbons (Fsp3) is 0.533. The molecule has 104 valence electrons. The summed E-state index contributed by atoms with van der Waals surface area (Å²) in [6.07, 6.45) is 1.89. The van der Waals surface area contributed by atoms with E-state index in [0.29, 0.717) is 13.2 Å². The van der Waals surface area contributed by atoms with Crippen molar-refractivity contribution in [1.82, 2.24) is 0 Å². The molecule has 0 amide bonds. The van der Waals surface area contributed by atoms with Gasteiger partial charge in [0.1, 0.15) is 6.04 Å². The molecule has 4 heteroatoms. The molecule has 1 aromatic rings. The van der Waals surface area contributed by atoms with Crippen LogP contribution >= 0.6 is 0 Å². The minimum atomic E-state index is -0.503. The standard InChI is InChI=1S/C15H21NO3/c1-2-18-15(17)14(16)12-8-13(9-12)19-10-11-6-4-3-5-7-11/h3-7,12-14H,2,8-10,16H2,1H3. The number of carbonyl (C=O) groups is 1. The second-order valence-electron chi connectivity index (χ2n) is 4.93. The minimum absolute atomic E-state index is 0.194. The van der Waals surface area contributed by atoms with Gasteiger partial charge in [-0.1, -0.05) is 30.3 Å². The van der Waals surface area contributed by atoms with Gasteiger partial charge in [0.05, 0.1) is 19.3 Å². The highest BCUT2D eigenvalue weighted by Gasteiger charge is 2.37. The van der Waals surface area contributed by atoms with Crippen LogP contribution in [-0.4, -0.2) is 24.7 Å². The zero-order valence-electron chi connectivity index (χ0n) is 11.2. The second-order valence-corrected chi connectivity index (χ2v) is 4.93. The number of carbonyl (C=O) groups excluding carboxylic acids is 1. The molecular formula is C15H21NO3. The summed E-state index contributed by atoms with van der Waals surface area (Å²) in [4.78, 5) is 11.5. The van der Waals surface area contributed by atoms with Crippen LogP contribution in [0.1, 0.15) is 25.3 Å². The molecule has 4 nitrogen and oxygen atoms in total. The summed E-state index contributed by atoms with van der Waals surface area (Å²) < 4.78 is 10.7. The lowest BCUT2D eigenvalue weighted by Gasteiger charge is -2.37. The number of rotatable bonds is 6. The smallest absolute Gasteiger partial charge is 0.323 e. The van der Waals surface area contributed by atoms with Crippen molar-refractivity contribution in [1.29, 1.82) is 0 Å². The molecular weight excluding hydrogens is 242 g/mol. The van der Waals surface area contributed by atoms with Crippen LogP contribution < -0.4 is 5.73 Å². The Morgan fingerprint density at radius 3 is 2.68 bits per heavy atom. The lowest BCUT2D eigenvalue weighted by atomic mass is 9.77. The molecule has 0 aromatic heterocycles. The van der Waals surface area contributed by atoms with Gasteiger partial charge in [0.2, 0.25) is 0 Å². The van der Waals surface area contributed by atoms with E-state index in [-0.39, 0.29) is 18.0 Å². The quantitative estimate of drug-likeness (QED) is 0.796. The highest BCUT2D eigenvalue weighted by Crippen LogP contribution is 2.33. The van der Waals surface area contributed by atoms with Gasteiger partial charge in [-0.05, 0) is 31.2 Å². The Labute approximate surface area is 113 Å². The van der Waals surface area contributed by atoms with Crippen molar-refractivity contribution < 1.29 is 14.3 Å². The summed E-state index contributed by atoms with van der Waals surface area (Å²) in [5.74, 6) is -0.103. The van der Waals surface area contributed by atoms with E-state index in [4.69, 9.17) is 15.2 Å². The van der Waals surface area contributed by atoms with E-state index in [1.165, 1.54) is 5.56 Å².